The number of aryl methyl sites for hydroxylation is 2. The molecule has 0 unspecified atom stereocenters. The van der Waals surface area contributed by atoms with Gasteiger partial charge >= 0.3 is 0 Å². The highest BCUT2D eigenvalue weighted by Gasteiger charge is 2.12. The fourth-order valence-corrected chi connectivity index (χ4v) is 3.50. The van der Waals surface area contributed by atoms with Crippen LogP contribution in [-0.4, -0.2) is 16.2 Å². The second kappa shape index (κ2) is 7.97. The molecule has 0 bridgehead atoms. The van der Waals surface area contributed by atoms with Gasteiger partial charge in [0, 0.05) is 16.6 Å². The Morgan fingerprint density at radius 3 is 2.59 bits per heavy atom. The molecule has 4 rings (SSSR count). The maximum absolute atomic E-state index is 5.92. The van der Waals surface area contributed by atoms with Gasteiger partial charge in [-0.1, -0.05) is 52.3 Å². The molecule has 0 fully saturated rings. The van der Waals surface area contributed by atoms with E-state index >= 15 is 0 Å². The number of para-hydroxylation sites is 2. The molecule has 0 aliphatic rings. The van der Waals surface area contributed by atoms with Gasteiger partial charge < -0.3 is 9.30 Å². The predicted molar refractivity (Wildman–Crippen MR) is 114 cm³/mol. The molecule has 0 aliphatic heterocycles. The van der Waals surface area contributed by atoms with Crippen molar-refractivity contribution in [1.29, 1.82) is 0 Å². The summed E-state index contributed by atoms with van der Waals surface area (Å²) in [7, 11) is 0. The first kappa shape index (κ1) is 17.8. The number of halogens is 1. The van der Waals surface area contributed by atoms with Crippen molar-refractivity contribution in [2.75, 3.05) is 6.61 Å². The van der Waals surface area contributed by atoms with Crippen molar-refractivity contribution in [1.82, 2.24) is 9.55 Å². The Balaban J connectivity index is 1.55. The summed E-state index contributed by atoms with van der Waals surface area (Å²) in [4.78, 5) is 4.87. The lowest BCUT2D eigenvalue weighted by Crippen LogP contribution is -2.06. The normalized spacial score (nSPS) is 11.0. The molecule has 0 atom stereocenters. The highest BCUT2D eigenvalue weighted by atomic mass is 79.9. The van der Waals surface area contributed by atoms with Crippen LogP contribution in [0.1, 0.15) is 12.0 Å². The first-order valence-corrected chi connectivity index (χ1v) is 9.91. The van der Waals surface area contributed by atoms with Gasteiger partial charge in [0.25, 0.3) is 0 Å². The van der Waals surface area contributed by atoms with Crippen LogP contribution in [0.2, 0.25) is 0 Å². The van der Waals surface area contributed by atoms with Crippen LogP contribution in [0, 0.1) is 6.92 Å². The Bertz CT molecular complexity index is 1050. The summed E-state index contributed by atoms with van der Waals surface area (Å²) >= 11 is 3.51. The monoisotopic (exact) mass is 420 g/mol. The highest BCUT2D eigenvalue weighted by Crippen LogP contribution is 2.26. The molecule has 0 spiro atoms. The van der Waals surface area contributed by atoms with E-state index in [9.17, 15) is 0 Å². The molecule has 0 aliphatic carbocycles. The molecule has 4 aromatic rings. The minimum atomic E-state index is 0.676. The van der Waals surface area contributed by atoms with Crippen LogP contribution in [0.3, 0.4) is 0 Å². The average molecular weight is 421 g/mol. The van der Waals surface area contributed by atoms with Crippen LogP contribution in [-0.2, 0) is 6.54 Å². The van der Waals surface area contributed by atoms with Gasteiger partial charge in [-0.2, -0.15) is 0 Å². The maximum atomic E-state index is 5.92. The molecule has 1 heterocycles. The van der Waals surface area contributed by atoms with Crippen molar-refractivity contribution in [2.24, 2.45) is 0 Å². The van der Waals surface area contributed by atoms with Gasteiger partial charge in [-0.15, -0.1) is 0 Å². The second-order valence-corrected chi connectivity index (χ2v) is 7.52. The standard InChI is InChI=1S/C23H21BrN2O/c1-17-6-4-7-20(16-17)27-15-5-14-26-22-9-3-2-8-21(22)25-23(26)18-10-12-19(24)13-11-18/h2-4,6-13,16H,5,14-15H2,1H3. The predicted octanol–water partition coefficient (Wildman–Crippen LogP) is 6.24. The largest absolute Gasteiger partial charge is 0.494 e. The smallest absolute Gasteiger partial charge is 0.141 e. The summed E-state index contributed by atoms with van der Waals surface area (Å²) in [6.45, 7) is 3.61. The molecule has 3 aromatic carbocycles. The average Bonchev–Trinajstić information content (AvgIpc) is 3.04. The van der Waals surface area contributed by atoms with E-state index < -0.39 is 0 Å². The summed E-state index contributed by atoms with van der Waals surface area (Å²) < 4.78 is 9.28. The van der Waals surface area contributed by atoms with Gasteiger partial charge in [0.15, 0.2) is 0 Å². The van der Waals surface area contributed by atoms with Crippen molar-refractivity contribution < 1.29 is 4.74 Å². The Morgan fingerprint density at radius 2 is 1.78 bits per heavy atom. The summed E-state index contributed by atoms with van der Waals surface area (Å²) in [6.07, 6.45) is 0.915. The van der Waals surface area contributed by atoms with E-state index in [1.807, 2.05) is 18.2 Å². The third kappa shape index (κ3) is 4.06. The van der Waals surface area contributed by atoms with Crippen LogP contribution < -0.4 is 4.74 Å². The molecular weight excluding hydrogens is 400 g/mol. The van der Waals surface area contributed by atoms with Crippen LogP contribution in [0.15, 0.2) is 77.3 Å². The van der Waals surface area contributed by atoms with Crippen LogP contribution in [0.5, 0.6) is 5.75 Å². The minimum absolute atomic E-state index is 0.676. The first-order chi connectivity index (χ1) is 13.2. The van der Waals surface area contributed by atoms with E-state index in [2.05, 4.69) is 82.0 Å². The third-order valence-corrected chi connectivity index (χ3v) is 5.07. The highest BCUT2D eigenvalue weighted by molar-refractivity contribution is 9.10. The summed E-state index contributed by atoms with van der Waals surface area (Å²) in [6, 6.07) is 24.8. The van der Waals surface area contributed by atoms with Crippen molar-refractivity contribution in [3.05, 3.63) is 82.8 Å². The number of aromatic nitrogens is 2. The van der Waals surface area contributed by atoms with Gasteiger partial charge in [-0.3, -0.25) is 0 Å². The Labute approximate surface area is 167 Å². The molecule has 0 saturated heterocycles. The zero-order valence-electron chi connectivity index (χ0n) is 15.2. The van der Waals surface area contributed by atoms with Gasteiger partial charge in [0.05, 0.1) is 17.6 Å². The van der Waals surface area contributed by atoms with Gasteiger partial charge in [-0.25, -0.2) is 4.98 Å². The van der Waals surface area contributed by atoms with Crippen LogP contribution >= 0.6 is 15.9 Å². The number of imidazole rings is 1. The van der Waals surface area contributed by atoms with Crippen molar-refractivity contribution in [3.63, 3.8) is 0 Å². The number of ether oxygens (including phenoxy) is 1. The summed E-state index contributed by atoms with van der Waals surface area (Å²) in [5.74, 6) is 1.93. The van der Waals surface area contributed by atoms with E-state index in [-0.39, 0.29) is 0 Å². The van der Waals surface area contributed by atoms with Crippen LogP contribution in [0.4, 0.5) is 0 Å². The summed E-state index contributed by atoms with van der Waals surface area (Å²) in [5.41, 5.74) is 4.51. The molecule has 27 heavy (non-hydrogen) atoms. The molecule has 1 aromatic heterocycles. The SMILES string of the molecule is Cc1cccc(OCCCn2c(-c3ccc(Br)cc3)nc3ccccc32)c1. The molecule has 0 radical (unpaired) electrons. The topological polar surface area (TPSA) is 27.1 Å². The lowest BCUT2D eigenvalue weighted by molar-refractivity contribution is 0.302. The van der Waals surface area contributed by atoms with E-state index in [1.165, 1.54) is 5.56 Å². The van der Waals surface area contributed by atoms with Gasteiger partial charge in [-0.05, 0) is 55.3 Å². The van der Waals surface area contributed by atoms with E-state index in [4.69, 9.17) is 9.72 Å². The molecular formula is C23H21BrN2O. The molecule has 0 amide bonds. The number of hydrogen-bond acceptors (Lipinski definition) is 2. The van der Waals surface area contributed by atoms with E-state index in [1.54, 1.807) is 0 Å². The van der Waals surface area contributed by atoms with E-state index in [0.717, 1.165) is 45.6 Å². The first-order valence-electron chi connectivity index (χ1n) is 9.11. The molecule has 136 valence electrons. The third-order valence-electron chi connectivity index (χ3n) is 4.54. The lowest BCUT2D eigenvalue weighted by atomic mass is 10.2. The van der Waals surface area contributed by atoms with Crippen molar-refractivity contribution in [2.45, 2.75) is 19.9 Å². The van der Waals surface area contributed by atoms with Crippen molar-refractivity contribution in [3.8, 4) is 17.1 Å². The molecule has 0 N–H and O–H groups in total. The second-order valence-electron chi connectivity index (χ2n) is 6.60. The number of nitrogens with zero attached hydrogens (tertiary/aromatic N) is 2. The van der Waals surface area contributed by atoms with Gasteiger partial charge in [0.2, 0.25) is 0 Å². The lowest BCUT2D eigenvalue weighted by Gasteiger charge is -2.11. The van der Waals surface area contributed by atoms with E-state index in [0.29, 0.717) is 6.61 Å². The Morgan fingerprint density at radius 1 is 0.963 bits per heavy atom. The fraction of sp³-hybridized carbons (Fsp3) is 0.174. The molecule has 3 nitrogen and oxygen atoms in total. The quantitative estimate of drug-likeness (QED) is 0.345. The number of hydrogen-bond donors (Lipinski definition) is 0. The van der Waals surface area contributed by atoms with Gasteiger partial charge in [0.1, 0.15) is 11.6 Å². The van der Waals surface area contributed by atoms with Crippen molar-refractivity contribution >= 4 is 27.0 Å². The summed E-state index contributed by atoms with van der Waals surface area (Å²) in [5, 5.41) is 0. The number of fused-ring (bicyclic) bond motifs is 1. The molecule has 4 heteroatoms. The Hall–Kier alpha value is -2.59. The fourth-order valence-electron chi connectivity index (χ4n) is 3.24. The zero-order valence-corrected chi connectivity index (χ0v) is 16.8. The number of rotatable bonds is 6. The van der Waals surface area contributed by atoms with Crippen LogP contribution in [0.25, 0.3) is 22.4 Å². The molecule has 0 saturated carbocycles. The maximum Gasteiger partial charge on any atom is 0.141 e. The zero-order chi connectivity index (χ0) is 18.6. The number of benzene rings is 3. The minimum Gasteiger partial charge on any atom is -0.494 e. The Kier molecular flexibility index (Phi) is 5.26.